The fourth-order valence-corrected chi connectivity index (χ4v) is 3.07. The van der Waals surface area contributed by atoms with Crippen LogP contribution >= 0.6 is 11.5 Å². The average molecular weight is 311 g/mol. The molecule has 1 aliphatic rings. The Balaban J connectivity index is 2.04. The molecule has 0 bridgehead atoms. The zero-order chi connectivity index (χ0) is 15.6. The van der Waals surface area contributed by atoms with E-state index in [9.17, 15) is 9.59 Å². The number of rotatable bonds is 2. The lowest BCUT2D eigenvalue weighted by atomic mass is 10.2. The molecule has 0 radical (unpaired) electrons. The Hall–Kier alpha value is -1.83. The van der Waals surface area contributed by atoms with Crippen molar-refractivity contribution in [1.29, 1.82) is 0 Å². The van der Waals surface area contributed by atoms with E-state index < -0.39 is 0 Å². The first kappa shape index (κ1) is 15.6. The van der Waals surface area contributed by atoms with E-state index in [2.05, 4.69) is 9.69 Å². The minimum atomic E-state index is -0.0115. The van der Waals surface area contributed by atoms with Gasteiger partial charge in [0.2, 0.25) is 0 Å². The summed E-state index contributed by atoms with van der Waals surface area (Å²) >= 11 is 1.30. The van der Waals surface area contributed by atoms with Crippen molar-refractivity contribution in [2.45, 2.75) is 6.92 Å². The predicted octanol–water partition coefficient (Wildman–Crippen LogP) is 0.933. The lowest BCUT2D eigenvalue weighted by Crippen LogP contribution is -2.53. The van der Waals surface area contributed by atoms with Gasteiger partial charge >= 0.3 is 6.03 Å². The molecule has 3 amide bonds. The van der Waals surface area contributed by atoms with E-state index in [0.29, 0.717) is 31.7 Å². The van der Waals surface area contributed by atoms with Gasteiger partial charge in [0.05, 0.1) is 11.3 Å². The first-order chi connectivity index (χ1) is 9.95. The van der Waals surface area contributed by atoms with Crippen molar-refractivity contribution in [2.24, 2.45) is 0 Å². The molecule has 0 saturated carbocycles. The van der Waals surface area contributed by atoms with Crippen molar-refractivity contribution in [2.75, 3.05) is 52.6 Å². The van der Waals surface area contributed by atoms with Gasteiger partial charge < -0.3 is 20.0 Å². The maximum atomic E-state index is 12.6. The van der Waals surface area contributed by atoms with Gasteiger partial charge in [0.1, 0.15) is 5.00 Å². The third-order valence-electron chi connectivity index (χ3n) is 3.52. The van der Waals surface area contributed by atoms with E-state index >= 15 is 0 Å². The third-order valence-corrected chi connectivity index (χ3v) is 4.48. The Morgan fingerprint density at radius 2 is 1.76 bits per heavy atom. The average Bonchev–Trinajstić information content (AvgIpc) is 2.86. The molecule has 2 heterocycles. The number of anilines is 1. The highest BCUT2D eigenvalue weighted by Gasteiger charge is 2.28. The van der Waals surface area contributed by atoms with Crippen LogP contribution in [0, 0.1) is 6.92 Å². The van der Waals surface area contributed by atoms with Gasteiger partial charge in [0.25, 0.3) is 5.91 Å². The van der Waals surface area contributed by atoms with Gasteiger partial charge in [-0.15, -0.1) is 0 Å². The third kappa shape index (κ3) is 3.10. The molecule has 1 aliphatic heterocycles. The molecule has 0 atom stereocenters. The van der Waals surface area contributed by atoms with Gasteiger partial charge in [0.15, 0.2) is 0 Å². The molecule has 2 rings (SSSR count). The molecule has 0 spiro atoms. The summed E-state index contributed by atoms with van der Waals surface area (Å²) in [6.45, 7) is 4.08. The Bertz CT molecular complexity index is 535. The second-order valence-electron chi connectivity index (χ2n) is 5.18. The highest BCUT2D eigenvalue weighted by Crippen LogP contribution is 2.25. The number of carbonyl (C=O) groups is 2. The molecule has 0 unspecified atom stereocenters. The SMILES string of the molecule is CNc1snc(C)c1C(=O)N1CCN(C(=O)N(C)C)CC1. The van der Waals surface area contributed by atoms with Crippen LogP contribution in [-0.4, -0.2) is 78.3 Å². The monoisotopic (exact) mass is 311 g/mol. The van der Waals surface area contributed by atoms with Crippen LogP contribution in [0.4, 0.5) is 9.80 Å². The van der Waals surface area contributed by atoms with E-state index in [0.717, 1.165) is 10.7 Å². The molecule has 21 heavy (non-hydrogen) atoms. The van der Waals surface area contributed by atoms with Gasteiger partial charge in [-0.2, -0.15) is 4.37 Å². The maximum absolute atomic E-state index is 12.6. The highest BCUT2D eigenvalue weighted by atomic mass is 32.1. The Labute approximate surface area is 128 Å². The molecule has 1 fully saturated rings. The molecule has 1 aromatic rings. The molecular formula is C13H21N5O2S. The molecule has 7 nitrogen and oxygen atoms in total. The second kappa shape index (κ2) is 6.30. The summed E-state index contributed by atoms with van der Waals surface area (Å²) < 4.78 is 4.23. The van der Waals surface area contributed by atoms with Crippen molar-refractivity contribution in [3.05, 3.63) is 11.3 Å². The standard InChI is InChI=1S/C13H21N5O2S/c1-9-10(11(14-2)21-15-9)12(19)17-5-7-18(8-6-17)13(20)16(3)4/h14H,5-8H2,1-4H3. The van der Waals surface area contributed by atoms with Crippen molar-refractivity contribution in [3.8, 4) is 0 Å². The summed E-state index contributed by atoms with van der Waals surface area (Å²) in [6.07, 6.45) is 0. The summed E-state index contributed by atoms with van der Waals surface area (Å²) in [5.41, 5.74) is 1.40. The smallest absolute Gasteiger partial charge is 0.319 e. The summed E-state index contributed by atoms with van der Waals surface area (Å²) in [7, 11) is 5.26. The number of carbonyl (C=O) groups excluding carboxylic acids is 2. The minimum Gasteiger partial charge on any atom is -0.378 e. The summed E-state index contributed by atoms with van der Waals surface area (Å²) in [5.74, 6) is -0.0115. The number of aromatic nitrogens is 1. The fourth-order valence-electron chi connectivity index (χ4n) is 2.33. The van der Waals surface area contributed by atoms with Crippen LogP contribution in [0.3, 0.4) is 0 Å². The molecule has 1 N–H and O–H groups in total. The summed E-state index contributed by atoms with van der Waals surface area (Å²) in [5, 5.41) is 3.81. The normalized spacial score (nSPS) is 15.0. The summed E-state index contributed by atoms with van der Waals surface area (Å²) in [6, 6.07) is -0.00797. The van der Waals surface area contributed by atoms with Crippen LogP contribution < -0.4 is 5.32 Å². The number of aryl methyl sites for hydroxylation is 1. The van der Waals surface area contributed by atoms with Gasteiger partial charge in [0, 0.05) is 47.3 Å². The van der Waals surface area contributed by atoms with E-state index in [1.807, 2.05) is 6.92 Å². The molecule has 8 heteroatoms. The fraction of sp³-hybridized carbons (Fsp3) is 0.615. The molecule has 116 valence electrons. The number of hydrogen-bond donors (Lipinski definition) is 1. The number of urea groups is 1. The Kier molecular flexibility index (Phi) is 4.66. The van der Waals surface area contributed by atoms with Crippen LogP contribution in [0.15, 0.2) is 0 Å². The number of nitrogens with one attached hydrogen (secondary N) is 1. The highest BCUT2D eigenvalue weighted by molar-refractivity contribution is 7.10. The molecule has 0 aliphatic carbocycles. The minimum absolute atomic E-state index is 0.00797. The summed E-state index contributed by atoms with van der Waals surface area (Å²) in [4.78, 5) is 29.6. The van der Waals surface area contributed by atoms with E-state index in [1.54, 1.807) is 35.8 Å². The van der Waals surface area contributed by atoms with Crippen LogP contribution in [0.1, 0.15) is 16.1 Å². The van der Waals surface area contributed by atoms with Gasteiger partial charge in [-0.05, 0) is 18.5 Å². The van der Waals surface area contributed by atoms with E-state index in [1.165, 1.54) is 11.5 Å². The first-order valence-corrected chi connectivity index (χ1v) is 7.62. The van der Waals surface area contributed by atoms with E-state index in [4.69, 9.17) is 0 Å². The maximum Gasteiger partial charge on any atom is 0.319 e. The largest absolute Gasteiger partial charge is 0.378 e. The van der Waals surface area contributed by atoms with Gasteiger partial charge in [-0.25, -0.2) is 4.79 Å². The number of piperazine rings is 1. The van der Waals surface area contributed by atoms with Crippen molar-refractivity contribution >= 4 is 28.5 Å². The van der Waals surface area contributed by atoms with Crippen molar-refractivity contribution in [3.63, 3.8) is 0 Å². The quantitative estimate of drug-likeness (QED) is 0.882. The molecular weight excluding hydrogens is 290 g/mol. The second-order valence-corrected chi connectivity index (χ2v) is 5.95. The topological polar surface area (TPSA) is 68.8 Å². The first-order valence-electron chi connectivity index (χ1n) is 6.85. The lowest BCUT2D eigenvalue weighted by molar-refractivity contribution is 0.0650. The van der Waals surface area contributed by atoms with Crippen molar-refractivity contribution < 1.29 is 9.59 Å². The molecule has 1 aromatic heterocycles. The lowest BCUT2D eigenvalue weighted by Gasteiger charge is -2.36. The van der Waals surface area contributed by atoms with Gasteiger partial charge in [-0.3, -0.25) is 4.79 Å². The Morgan fingerprint density at radius 3 is 2.29 bits per heavy atom. The predicted molar refractivity (Wildman–Crippen MR) is 83.0 cm³/mol. The number of nitrogens with zero attached hydrogens (tertiary/aromatic N) is 4. The zero-order valence-corrected chi connectivity index (χ0v) is 13.7. The molecule has 0 aromatic carbocycles. The van der Waals surface area contributed by atoms with E-state index in [-0.39, 0.29) is 11.9 Å². The van der Waals surface area contributed by atoms with Crippen LogP contribution in [0.2, 0.25) is 0 Å². The Morgan fingerprint density at radius 1 is 1.19 bits per heavy atom. The van der Waals surface area contributed by atoms with Crippen LogP contribution in [0.25, 0.3) is 0 Å². The van der Waals surface area contributed by atoms with Gasteiger partial charge in [-0.1, -0.05) is 0 Å². The molecule has 1 saturated heterocycles. The number of hydrogen-bond acceptors (Lipinski definition) is 5. The number of amides is 3. The van der Waals surface area contributed by atoms with Crippen LogP contribution in [0.5, 0.6) is 0 Å². The zero-order valence-electron chi connectivity index (χ0n) is 12.8. The van der Waals surface area contributed by atoms with Crippen LogP contribution in [-0.2, 0) is 0 Å². The van der Waals surface area contributed by atoms with Crippen molar-refractivity contribution in [1.82, 2.24) is 19.1 Å².